The van der Waals surface area contributed by atoms with Crippen LogP contribution in [-0.2, 0) is 25.4 Å². The van der Waals surface area contributed by atoms with Gasteiger partial charge in [0.1, 0.15) is 12.6 Å². The van der Waals surface area contributed by atoms with Crippen molar-refractivity contribution in [3.05, 3.63) is 41.2 Å². The molecule has 0 amide bonds. The molecule has 1 aromatic carbocycles. The normalized spacial score (nSPS) is 11.7. The molecule has 114 valence electrons. The number of nitrogens with two attached hydrogens (primary N) is 1. The number of carbonyl (C=O) groups is 1. The second-order valence-electron chi connectivity index (χ2n) is 4.36. The molecular formula is C15H20N2O4. The first-order valence-electron chi connectivity index (χ1n) is 6.62. The maximum Gasteiger partial charge on any atom is 0.323 e. The van der Waals surface area contributed by atoms with E-state index >= 15 is 0 Å². The summed E-state index contributed by atoms with van der Waals surface area (Å²) >= 11 is 0. The molecule has 0 saturated heterocycles. The summed E-state index contributed by atoms with van der Waals surface area (Å²) in [5, 5.41) is 0. The highest BCUT2D eigenvalue weighted by Crippen LogP contribution is 2.13. The molecule has 0 heterocycles. The van der Waals surface area contributed by atoms with Gasteiger partial charge in [-0.1, -0.05) is 24.3 Å². The Morgan fingerprint density at radius 1 is 1.24 bits per heavy atom. The van der Waals surface area contributed by atoms with E-state index in [1.807, 2.05) is 0 Å². The fourth-order valence-electron chi connectivity index (χ4n) is 1.60. The maximum atomic E-state index is 11.7. The highest BCUT2D eigenvalue weighted by Gasteiger charge is 2.15. The number of ether oxygens (including phenoxy) is 3. The lowest BCUT2D eigenvalue weighted by atomic mass is 10.1. The van der Waals surface area contributed by atoms with Crippen LogP contribution in [0.4, 0.5) is 5.69 Å². The van der Waals surface area contributed by atoms with E-state index in [1.165, 1.54) is 0 Å². The molecule has 1 aromatic rings. The highest BCUT2D eigenvalue weighted by molar-refractivity contribution is 5.75. The fraction of sp³-hybridized carbons (Fsp3) is 0.467. The predicted molar refractivity (Wildman–Crippen MR) is 78.0 cm³/mol. The van der Waals surface area contributed by atoms with Crippen molar-refractivity contribution in [2.24, 2.45) is 5.73 Å². The zero-order valence-electron chi connectivity index (χ0n) is 12.1. The van der Waals surface area contributed by atoms with E-state index in [2.05, 4.69) is 4.85 Å². The van der Waals surface area contributed by atoms with Gasteiger partial charge in [-0.05, 0) is 12.0 Å². The molecule has 0 aliphatic carbocycles. The quantitative estimate of drug-likeness (QED) is 0.422. The SMILES string of the molecule is [C-]#[N+]c1ccc(C[C@H](N)C(=O)OCCOCCOC)cc1. The van der Waals surface area contributed by atoms with Crippen molar-refractivity contribution in [1.29, 1.82) is 0 Å². The molecule has 0 aliphatic rings. The van der Waals surface area contributed by atoms with Crippen molar-refractivity contribution < 1.29 is 19.0 Å². The van der Waals surface area contributed by atoms with Gasteiger partial charge in [0.15, 0.2) is 5.69 Å². The van der Waals surface area contributed by atoms with Crippen LogP contribution in [0.25, 0.3) is 4.85 Å². The van der Waals surface area contributed by atoms with Gasteiger partial charge >= 0.3 is 5.97 Å². The summed E-state index contributed by atoms with van der Waals surface area (Å²) in [5.41, 5.74) is 7.24. The van der Waals surface area contributed by atoms with Gasteiger partial charge in [-0.15, -0.1) is 0 Å². The average molecular weight is 292 g/mol. The van der Waals surface area contributed by atoms with E-state index in [0.717, 1.165) is 5.56 Å². The first-order chi connectivity index (χ1) is 10.2. The summed E-state index contributed by atoms with van der Waals surface area (Å²) in [6.07, 6.45) is 0.377. The summed E-state index contributed by atoms with van der Waals surface area (Å²) in [7, 11) is 1.59. The van der Waals surface area contributed by atoms with Crippen molar-refractivity contribution >= 4 is 11.7 Å². The van der Waals surface area contributed by atoms with Gasteiger partial charge in [-0.25, -0.2) is 4.85 Å². The minimum atomic E-state index is -0.720. The number of esters is 1. The van der Waals surface area contributed by atoms with Gasteiger partial charge in [0, 0.05) is 7.11 Å². The minimum Gasteiger partial charge on any atom is -0.462 e. The fourth-order valence-corrected chi connectivity index (χ4v) is 1.60. The van der Waals surface area contributed by atoms with Gasteiger partial charge < -0.3 is 19.9 Å². The second-order valence-corrected chi connectivity index (χ2v) is 4.36. The molecule has 21 heavy (non-hydrogen) atoms. The zero-order chi connectivity index (χ0) is 15.5. The molecular weight excluding hydrogens is 272 g/mol. The van der Waals surface area contributed by atoms with E-state index in [1.54, 1.807) is 31.4 Å². The number of hydrogen-bond acceptors (Lipinski definition) is 5. The maximum absolute atomic E-state index is 11.7. The Morgan fingerprint density at radius 2 is 1.90 bits per heavy atom. The summed E-state index contributed by atoms with van der Waals surface area (Å²) in [6, 6.07) is 6.25. The summed E-state index contributed by atoms with van der Waals surface area (Å²) in [5.74, 6) is -0.459. The number of nitrogens with zero attached hydrogens (tertiary/aromatic N) is 1. The molecule has 0 unspecified atom stereocenters. The first kappa shape index (κ1) is 17.1. The topological polar surface area (TPSA) is 75.1 Å². The zero-order valence-corrected chi connectivity index (χ0v) is 12.1. The van der Waals surface area contributed by atoms with Crippen LogP contribution in [0.1, 0.15) is 5.56 Å². The van der Waals surface area contributed by atoms with Gasteiger partial charge in [0.25, 0.3) is 0 Å². The van der Waals surface area contributed by atoms with Crippen LogP contribution in [0, 0.1) is 6.57 Å². The van der Waals surface area contributed by atoms with Crippen molar-refractivity contribution in [1.82, 2.24) is 0 Å². The lowest BCUT2D eigenvalue weighted by molar-refractivity contribution is -0.146. The van der Waals surface area contributed by atoms with E-state index < -0.39 is 12.0 Å². The first-order valence-corrected chi connectivity index (χ1v) is 6.62. The van der Waals surface area contributed by atoms with Gasteiger partial charge in [0.05, 0.1) is 26.4 Å². The Labute approximate surface area is 124 Å². The smallest absolute Gasteiger partial charge is 0.323 e. The Hall–Kier alpha value is -1.94. The van der Waals surface area contributed by atoms with Gasteiger partial charge in [0.2, 0.25) is 0 Å². The lowest BCUT2D eigenvalue weighted by Gasteiger charge is -2.12. The number of hydrogen-bond donors (Lipinski definition) is 1. The van der Waals surface area contributed by atoms with Crippen LogP contribution in [0.2, 0.25) is 0 Å². The molecule has 0 aliphatic heterocycles. The van der Waals surface area contributed by atoms with E-state index in [-0.39, 0.29) is 6.61 Å². The standard InChI is InChI=1S/C15H20N2O4/c1-17-13-5-3-12(4-6-13)11-14(16)15(18)21-10-9-20-8-7-19-2/h3-6,14H,7-11,16H2,2H3/t14-/m0/s1. The summed E-state index contributed by atoms with van der Waals surface area (Å²) < 4.78 is 15.0. The van der Waals surface area contributed by atoms with Gasteiger partial charge in [-0.3, -0.25) is 4.79 Å². The molecule has 2 N–H and O–H groups in total. The van der Waals surface area contributed by atoms with Crippen LogP contribution < -0.4 is 5.73 Å². The molecule has 0 saturated carbocycles. The number of carbonyl (C=O) groups excluding carboxylic acids is 1. The predicted octanol–water partition coefficient (Wildman–Crippen LogP) is 1.31. The Balaban J connectivity index is 2.25. The van der Waals surface area contributed by atoms with E-state index in [0.29, 0.717) is 31.9 Å². The highest BCUT2D eigenvalue weighted by atomic mass is 16.6. The third-order valence-corrected chi connectivity index (χ3v) is 2.73. The van der Waals surface area contributed by atoms with E-state index in [9.17, 15) is 4.79 Å². The largest absolute Gasteiger partial charge is 0.462 e. The summed E-state index contributed by atoms with van der Waals surface area (Å²) in [6.45, 7) is 8.34. The monoisotopic (exact) mass is 292 g/mol. The number of methoxy groups -OCH3 is 1. The van der Waals surface area contributed by atoms with E-state index in [4.69, 9.17) is 26.5 Å². The molecule has 1 atom stereocenters. The third kappa shape index (κ3) is 6.86. The number of rotatable bonds is 9. The van der Waals surface area contributed by atoms with Crippen LogP contribution in [0.5, 0.6) is 0 Å². The molecule has 6 nitrogen and oxygen atoms in total. The second kappa shape index (κ2) is 9.88. The Bertz CT molecular complexity index is 468. The van der Waals surface area contributed by atoms with Crippen molar-refractivity contribution in [2.75, 3.05) is 33.5 Å². The van der Waals surface area contributed by atoms with Crippen LogP contribution in [0.3, 0.4) is 0 Å². The molecule has 0 aromatic heterocycles. The minimum absolute atomic E-state index is 0.174. The Morgan fingerprint density at radius 3 is 2.52 bits per heavy atom. The van der Waals surface area contributed by atoms with Crippen LogP contribution in [-0.4, -0.2) is 45.5 Å². The average Bonchev–Trinajstić information content (AvgIpc) is 2.51. The van der Waals surface area contributed by atoms with Gasteiger partial charge in [-0.2, -0.15) is 0 Å². The molecule has 0 radical (unpaired) electrons. The van der Waals surface area contributed by atoms with Crippen molar-refractivity contribution in [3.8, 4) is 0 Å². The molecule has 6 heteroatoms. The Kier molecular flexibility index (Phi) is 8.05. The lowest BCUT2D eigenvalue weighted by Crippen LogP contribution is -2.35. The molecule has 0 fully saturated rings. The van der Waals surface area contributed by atoms with Crippen LogP contribution >= 0.6 is 0 Å². The van der Waals surface area contributed by atoms with Crippen molar-refractivity contribution in [2.45, 2.75) is 12.5 Å². The molecule has 1 rings (SSSR count). The third-order valence-electron chi connectivity index (χ3n) is 2.73. The van der Waals surface area contributed by atoms with Crippen LogP contribution in [0.15, 0.2) is 24.3 Å². The summed E-state index contributed by atoms with van der Waals surface area (Å²) in [4.78, 5) is 15.0. The molecule has 0 spiro atoms. The molecule has 0 bridgehead atoms. The van der Waals surface area contributed by atoms with Crippen molar-refractivity contribution in [3.63, 3.8) is 0 Å². The number of benzene rings is 1.